The van der Waals surface area contributed by atoms with Crippen LogP contribution in [0.25, 0.3) is 83.9 Å². The van der Waals surface area contributed by atoms with Crippen LogP contribution in [0.3, 0.4) is 0 Å². The van der Waals surface area contributed by atoms with Gasteiger partial charge < -0.3 is 5.11 Å². The van der Waals surface area contributed by atoms with Gasteiger partial charge in [0.25, 0.3) is 0 Å². The van der Waals surface area contributed by atoms with Crippen molar-refractivity contribution in [2.45, 2.75) is 72.3 Å². The summed E-state index contributed by atoms with van der Waals surface area (Å²) in [5, 5.41) is 11.5. The number of aromatic hydroxyl groups is 1. The van der Waals surface area contributed by atoms with Gasteiger partial charge in [-0.15, -0.1) is 0 Å². The molecule has 7 aromatic carbocycles. The fraction of sp³-hybridized carbons (Fsp3) is 0.186. The molecule has 2 heterocycles. The zero-order valence-corrected chi connectivity index (χ0v) is 35.5. The highest BCUT2D eigenvalue weighted by Crippen LogP contribution is 2.41. The van der Waals surface area contributed by atoms with Gasteiger partial charge in [-0.2, -0.15) is 0 Å². The first-order valence-corrected chi connectivity index (χ1v) is 20.8. The molecule has 0 fully saturated rings. The Morgan fingerprint density at radius 2 is 1.19 bits per heavy atom. The molecule has 312 valence electrons. The number of fused-ring (bicyclic) bond motifs is 1. The Bertz CT molecular complexity index is 3610. The van der Waals surface area contributed by atoms with E-state index in [9.17, 15) is 5.11 Å². The van der Waals surface area contributed by atoms with E-state index in [1.807, 2.05) is 97.1 Å². The van der Waals surface area contributed by atoms with Crippen LogP contribution in [0, 0.1) is 6.85 Å². The van der Waals surface area contributed by atoms with Crippen LogP contribution in [-0.2, 0) is 5.41 Å². The van der Waals surface area contributed by atoms with Crippen molar-refractivity contribution in [1.82, 2.24) is 14.5 Å². The molecule has 63 heavy (non-hydrogen) atoms. The number of phenols is 1. The Morgan fingerprint density at radius 1 is 0.556 bits per heavy atom. The van der Waals surface area contributed by atoms with Crippen molar-refractivity contribution in [2.24, 2.45) is 0 Å². The third-order valence-corrected chi connectivity index (χ3v) is 11.5. The maximum absolute atomic E-state index is 11.5. The number of para-hydroxylation sites is 2. The minimum Gasteiger partial charge on any atom is -0.507 e. The predicted molar refractivity (Wildman–Crippen MR) is 265 cm³/mol. The second-order valence-corrected chi connectivity index (χ2v) is 16.4. The zero-order chi connectivity index (χ0) is 55.8. The Labute approximate surface area is 392 Å². The van der Waals surface area contributed by atoms with E-state index < -0.39 is 44.6 Å². The van der Waals surface area contributed by atoms with Gasteiger partial charge in [0.1, 0.15) is 11.6 Å². The lowest BCUT2D eigenvalue weighted by atomic mass is 9.86. The van der Waals surface area contributed by atoms with Crippen molar-refractivity contribution in [3.05, 3.63) is 192 Å². The van der Waals surface area contributed by atoms with Crippen molar-refractivity contribution >= 4 is 11.0 Å². The lowest BCUT2D eigenvalue weighted by molar-refractivity contribution is 0.477. The standard InChI is InChI=1S/C59H55N3O/c1-37(2)44-30-45(38(3)4)32-47(31-44)42-23-26-54(39(5)29-42)62-55-19-14-18-51(57(55)61-58(62)52-17-12-13-20-56(52)63)48-33-46(40-15-10-9-11-16-40)34-49(35-48)53-36-43(27-28-60-53)41-21-24-50(25-22-41)59(6,7)8/h9-38,63H,1-8H3/i5D3,6D3,7D3,8D3,37D,38D. The molecule has 2 aromatic heterocycles. The van der Waals surface area contributed by atoms with Gasteiger partial charge in [-0.25, -0.2) is 4.98 Å². The maximum Gasteiger partial charge on any atom is 0.149 e. The average molecular weight is 836 g/mol. The number of nitrogens with zero attached hydrogens (tertiary/aromatic N) is 3. The summed E-state index contributed by atoms with van der Waals surface area (Å²) in [6.07, 6.45) is 1.61. The number of aryl methyl sites for hydroxylation is 1. The maximum atomic E-state index is 11.5. The third kappa shape index (κ3) is 8.22. The van der Waals surface area contributed by atoms with E-state index in [0.29, 0.717) is 72.5 Å². The van der Waals surface area contributed by atoms with Gasteiger partial charge in [0.2, 0.25) is 0 Å². The van der Waals surface area contributed by atoms with Crippen LogP contribution in [0.4, 0.5) is 0 Å². The Hall–Kier alpha value is -7.04. The summed E-state index contributed by atoms with van der Waals surface area (Å²) in [7, 11) is 0. The van der Waals surface area contributed by atoms with Gasteiger partial charge in [-0.05, 0) is 146 Å². The fourth-order valence-corrected chi connectivity index (χ4v) is 8.11. The monoisotopic (exact) mass is 836 g/mol. The van der Waals surface area contributed by atoms with Gasteiger partial charge in [-0.1, -0.05) is 151 Å². The highest BCUT2D eigenvalue weighted by atomic mass is 16.3. The van der Waals surface area contributed by atoms with E-state index in [2.05, 4.69) is 0 Å². The molecule has 0 bridgehead atoms. The van der Waals surface area contributed by atoms with E-state index in [4.69, 9.17) is 29.2 Å². The van der Waals surface area contributed by atoms with Crippen LogP contribution >= 0.6 is 0 Å². The molecule has 0 spiro atoms. The molecule has 0 saturated heterocycles. The first-order chi connectivity index (χ1) is 35.9. The summed E-state index contributed by atoms with van der Waals surface area (Å²) < 4.78 is 120. The molecule has 4 heteroatoms. The first-order valence-electron chi connectivity index (χ1n) is 27.8. The Kier molecular flexibility index (Phi) is 7.36. The molecular formula is C59H55N3O. The van der Waals surface area contributed by atoms with Gasteiger partial charge >= 0.3 is 0 Å². The number of pyridine rings is 1. The van der Waals surface area contributed by atoms with Crippen LogP contribution in [0.1, 0.15) is 101 Å². The molecular weight excluding hydrogens is 767 g/mol. The molecule has 4 nitrogen and oxygen atoms in total. The largest absolute Gasteiger partial charge is 0.507 e. The van der Waals surface area contributed by atoms with E-state index in [1.54, 1.807) is 80.9 Å². The second-order valence-electron chi connectivity index (χ2n) is 16.4. The molecule has 0 amide bonds. The molecule has 0 aliphatic carbocycles. The number of benzene rings is 7. The summed E-state index contributed by atoms with van der Waals surface area (Å²) in [6, 6.07) is 48.0. The van der Waals surface area contributed by atoms with Gasteiger partial charge in [0.15, 0.2) is 0 Å². The van der Waals surface area contributed by atoms with Crippen LogP contribution in [0.2, 0.25) is 0 Å². The highest BCUT2D eigenvalue weighted by molar-refractivity contribution is 5.98. The molecule has 0 aliphatic rings. The van der Waals surface area contributed by atoms with E-state index >= 15 is 0 Å². The van der Waals surface area contributed by atoms with Crippen LogP contribution in [-0.4, -0.2) is 19.6 Å². The summed E-state index contributed by atoms with van der Waals surface area (Å²) in [5.74, 6) is -1.79. The minimum absolute atomic E-state index is 0.0127. The molecule has 1 N–H and O–H groups in total. The minimum atomic E-state index is -3.41. The highest BCUT2D eigenvalue weighted by Gasteiger charge is 2.22. The number of aromatic nitrogens is 3. The molecule has 0 saturated carbocycles. The number of hydrogen-bond acceptors (Lipinski definition) is 3. The lowest BCUT2D eigenvalue weighted by Crippen LogP contribution is -2.10. The summed E-state index contributed by atoms with van der Waals surface area (Å²) in [4.78, 5) is 10.0. The topological polar surface area (TPSA) is 50.9 Å². The summed E-state index contributed by atoms with van der Waals surface area (Å²) in [5.41, 5.74) is 6.38. The van der Waals surface area contributed by atoms with Crippen LogP contribution in [0.5, 0.6) is 5.75 Å². The number of hydrogen-bond donors (Lipinski definition) is 1. The number of imidazole rings is 1. The van der Waals surface area contributed by atoms with Gasteiger partial charge in [0, 0.05) is 36.5 Å². The molecule has 0 aliphatic heterocycles. The van der Waals surface area contributed by atoms with Crippen LogP contribution in [0.15, 0.2) is 170 Å². The SMILES string of the molecule is [2H]C([2H])([2H])c1cc(-c2cc(C([2H])(C)C)cc(C([2H])(C)C)c2)ccc1-n1c(-c2ccccc2O)nc2c(-c3cc(-c4ccccc4)cc(-c4cc(-c5ccc(C(C([2H])([2H])[2H])(C([2H])([2H])[2H])C([2H])([2H])[2H])cc5)ccn4)c3)cccc21. The van der Waals surface area contributed by atoms with Crippen molar-refractivity contribution in [2.75, 3.05) is 0 Å². The Morgan fingerprint density at radius 3 is 1.90 bits per heavy atom. The molecule has 0 unspecified atom stereocenters. The van der Waals surface area contributed by atoms with E-state index in [1.165, 1.54) is 24.3 Å². The van der Waals surface area contributed by atoms with Gasteiger partial charge in [-0.3, -0.25) is 9.55 Å². The van der Waals surface area contributed by atoms with Crippen molar-refractivity contribution < 1.29 is 24.3 Å². The molecule has 0 atom stereocenters. The summed E-state index contributed by atoms with van der Waals surface area (Å²) in [6.45, 7) is -5.78. The summed E-state index contributed by atoms with van der Waals surface area (Å²) >= 11 is 0. The van der Waals surface area contributed by atoms with Crippen molar-refractivity contribution in [3.8, 4) is 78.6 Å². The normalized spacial score (nSPS) is 16.3. The molecule has 9 rings (SSSR count). The Balaban J connectivity index is 1.23. The predicted octanol–water partition coefficient (Wildman–Crippen LogP) is 16.0. The smallest absolute Gasteiger partial charge is 0.149 e. The average Bonchev–Trinajstić information content (AvgIpc) is 3.83. The quantitative estimate of drug-likeness (QED) is 0.158. The van der Waals surface area contributed by atoms with E-state index in [-0.39, 0.29) is 22.7 Å². The lowest BCUT2D eigenvalue weighted by Gasteiger charge is -2.19. The third-order valence-electron chi connectivity index (χ3n) is 11.5. The first kappa shape index (κ1) is 27.8. The second kappa shape index (κ2) is 16.7. The molecule has 9 aromatic rings. The van der Waals surface area contributed by atoms with Crippen molar-refractivity contribution in [1.29, 1.82) is 0 Å². The van der Waals surface area contributed by atoms with E-state index in [0.717, 1.165) is 16.7 Å². The van der Waals surface area contributed by atoms with Gasteiger partial charge in [0.05, 0.1) is 28.0 Å². The number of phenolic OH excluding ortho intramolecular Hbond substituents is 1. The van der Waals surface area contributed by atoms with Crippen LogP contribution < -0.4 is 0 Å². The fourth-order valence-electron chi connectivity index (χ4n) is 8.11. The zero-order valence-electron chi connectivity index (χ0n) is 49.5. The van der Waals surface area contributed by atoms with Crippen molar-refractivity contribution in [3.63, 3.8) is 0 Å². The molecule has 0 radical (unpaired) electrons. The number of rotatable bonds is 9.